The van der Waals surface area contributed by atoms with E-state index in [4.69, 9.17) is 14.6 Å². The van der Waals surface area contributed by atoms with Crippen LogP contribution in [0.1, 0.15) is 24.5 Å². The number of halogens is 2. The summed E-state index contributed by atoms with van der Waals surface area (Å²) >= 11 is 0. The minimum Gasteiger partial charge on any atom is -0.493 e. The number of urea groups is 1. The lowest BCUT2D eigenvalue weighted by molar-refractivity contribution is 0.0296. The molecule has 10 heteroatoms. The van der Waals surface area contributed by atoms with Gasteiger partial charge in [-0.15, -0.1) is 0 Å². The van der Waals surface area contributed by atoms with Crippen LogP contribution in [0.25, 0.3) is 11.3 Å². The number of nitrogens with zero attached hydrogens (tertiary/aromatic N) is 3. The highest BCUT2D eigenvalue weighted by molar-refractivity contribution is 5.89. The Balaban J connectivity index is 1.23. The number of carbonyl (C=O) groups is 1. The number of rotatable bonds is 7. The molecule has 8 nitrogen and oxygen atoms in total. The van der Waals surface area contributed by atoms with E-state index in [1.54, 1.807) is 14.2 Å². The molecule has 4 heterocycles. The number of anilines is 1. The van der Waals surface area contributed by atoms with Gasteiger partial charge in [-0.1, -0.05) is 0 Å². The molecule has 0 radical (unpaired) electrons. The van der Waals surface area contributed by atoms with Crippen molar-refractivity contribution in [3.8, 4) is 22.8 Å². The number of fused-ring (bicyclic) bond motifs is 3. The second-order valence-electron chi connectivity index (χ2n) is 9.65. The van der Waals surface area contributed by atoms with E-state index in [1.165, 1.54) is 11.8 Å². The summed E-state index contributed by atoms with van der Waals surface area (Å²) in [5.74, 6) is 0.671. The third-order valence-corrected chi connectivity index (χ3v) is 7.53. The summed E-state index contributed by atoms with van der Waals surface area (Å²) in [6.45, 7) is 2.32. The average Bonchev–Trinajstić information content (AvgIpc) is 3.30. The van der Waals surface area contributed by atoms with E-state index in [-0.39, 0.29) is 11.7 Å². The van der Waals surface area contributed by atoms with Gasteiger partial charge in [0.25, 0.3) is 0 Å². The average molecular weight is 512 g/mol. The molecule has 196 valence electrons. The van der Waals surface area contributed by atoms with E-state index in [2.05, 4.69) is 21.6 Å². The second kappa shape index (κ2) is 10.4. The highest BCUT2D eigenvalue weighted by Crippen LogP contribution is 2.42. The van der Waals surface area contributed by atoms with Crippen molar-refractivity contribution in [2.24, 2.45) is 13.0 Å². The van der Waals surface area contributed by atoms with Gasteiger partial charge in [0.2, 0.25) is 0 Å². The van der Waals surface area contributed by atoms with Gasteiger partial charge in [-0.25, -0.2) is 13.6 Å². The fourth-order valence-electron chi connectivity index (χ4n) is 5.62. The molecule has 0 aliphatic carbocycles. The minimum atomic E-state index is -0.804. The number of hydrogen-bond acceptors (Lipinski definition) is 5. The van der Waals surface area contributed by atoms with Gasteiger partial charge in [-0.3, -0.25) is 9.58 Å². The molecule has 2 amide bonds. The zero-order valence-corrected chi connectivity index (χ0v) is 21.1. The van der Waals surface area contributed by atoms with Crippen molar-refractivity contribution in [2.45, 2.75) is 24.8 Å². The first-order valence-corrected chi connectivity index (χ1v) is 12.4. The number of aryl methyl sites for hydroxylation is 1. The molecule has 2 bridgehead atoms. The van der Waals surface area contributed by atoms with Crippen molar-refractivity contribution in [1.29, 1.82) is 0 Å². The van der Waals surface area contributed by atoms with Crippen LogP contribution in [0.15, 0.2) is 42.5 Å². The monoisotopic (exact) mass is 511 g/mol. The smallest absolute Gasteiger partial charge is 0.319 e. The van der Waals surface area contributed by atoms with Crippen LogP contribution >= 0.6 is 0 Å². The Morgan fingerprint density at radius 2 is 1.92 bits per heavy atom. The minimum absolute atomic E-state index is 0.0501. The Hall–Kier alpha value is -3.66. The van der Waals surface area contributed by atoms with Crippen LogP contribution in [0, 0.1) is 17.6 Å². The molecule has 2 N–H and O–H groups in total. The maximum absolute atomic E-state index is 13.8. The van der Waals surface area contributed by atoms with Crippen molar-refractivity contribution in [3.63, 3.8) is 0 Å². The summed E-state index contributed by atoms with van der Waals surface area (Å²) in [5, 5.41) is 10.1. The Morgan fingerprint density at radius 1 is 1.11 bits per heavy atom. The highest BCUT2D eigenvalue weighted by atomic mass is 19.1. The van der Waals surface area contributed by atoms with Crippen molar-refractivity contribution in [1.82, 2.24) is 20.0 Å². The van der Waals surface area contributed by atoms with Gasteiger partial charge in [0.15, 0.2) is 11.5 Å². The number of ether oxygens (including phenoxy) is 2. The van der Waals surface area contributed by atoms with Crippen LogP contribution in [-0.2, 0) is 7.05 Å². The van der Waals surface area contributed by atoms with Crippen molar-refractivity contribution < 1.29 is 23.0 Å². The molecule has 0 saturated carbocycles. The maximum Gasteiger partial charge on any atom is 0.319 e. The van der Waals surface area contributed by atoms with Gasteiger partial charge in [-0.2, -0.15) is 5.10 Å². The highest BCUT2D eigenvalue weighted by Gasteiger charge is 2.41. The largest absolute Gasteiger partial charge is 0.493 e. The number of piperidine rings is 3. The number of aromatic nitrogens is 2. The molecule has 3 aliphatic rings. The molecule has 1 unspecified atom stereocenters. The lowest BCUT2D eigenvalue weighted by Gasteiger charge is -2.49. The van der Waals surface area contributed by atoms with E-state index in [9.17, 15) is 13.6 Å². The molecule has 2 aromatic carbocycles. The Morgan fingerprint density at radius 3 is 2.62 bits per heavy atom. The van der Waals surface area contributed by atoms with Gasteiger partial charge < -0.3 is 20.1 Å². The molecule has 3 aromatic rings. The SMILES string of the molecule is COc1ccc(-c2cc([C@@H]3CN4CC[C@H]3C[C@@H]4CNC(=O)Nc3ccc(F)cc3F)n(C)n2)cc1OC. The zero-order chi connectivity index (χ0) is 26.1. The molecule has 1 aromatic heterocycles. The maximum atomic E-state index is 13.8. The van der Waals surface area contributed by atoms with Crippen molar-refractivity contribution in [3.05, 3.63) is 59.8 Å². The van der Waals surface area contributed by atoms with Gasteiger partial charge in [0.1, 0.15) is 11.6 Å². The number of methoxy groups -OCH3 is 2. The molecule has 3 saturated heterocycles. The summed E-state index contributed by atoms with van der Waals surface area (Å²) < 4.78 is 39.7. The molecule has 37 heavy (non-hydrogen) atoms. The summed E-state index contributed by atoms with van der Waals surface area (Å²) in [5.41, 5.74) is 2.99. The molecule has 0 spiro atoms. The second-order valence-corrected chi connectivity index (χ2v) is 9.65. The Labute approximate surface area is 214 Å². The van der Waals surface area contributed by atoms with E-state index in [0.29, 0.717) is 29.9 Å². The number of benzene rings is 2. The molecule has 3 aliphatic heterocycles. The van der Waals surface area contributed by atoms with Crippen LogP contribution in [0.2, 0.25) is 0 Å². The normalized spacial score (nSPS) is 22.5. The molecule has 6 rings (SSSR count). The van der Waals surface area contributed by atoms with Crippen molar-refractivity contribution >= 4 is 11.7 Å². The fraction of sp³-hybridized carbons (Fsp3) is 0.407. The number of amides is 2. The van der Waals surface area contributed by atoms with Gasteiger partial charge in [-0.05, 0) is 61.7 Å². The molecular formula is C27H31F2N5O3. The third kappa shape index (κ3) is 5.11. The molecule has 4 atom stereocenters. The Kier molecular flexibility index (Phi) is 7.01. The summed E-state index contributed by atoms with van der Waals surface area (Å²) in [7, 11) is 5.22. The van der Waals surface area contributed by atoms with Crippen molar-refractivity contribution in [2.75, 3.05) is 39.2 Å². The van der Waals surface area contributed by atoms with Crippen LogP contribution in [0.5, 0.6) is 11.5 Å². The van der Waals surface area contributed by atoms with Crippen LogP contribution in [0.4, 0.5) is 19.3 Å². The van der Waals surface area contributed by atoms with E-state index in [0.717, 1.165) is 49.3 Å². The lowest BCUT2D eigenvalue weighted by atomic mass is 9.74. The molecule has 3 fully saturated rings. The summed E-state index contributed by atoms with van der Waals surface area (Å²) in [6, 6.07) is 10.7. The first kappa shape index (κ1) is 25.0. The van der Waals surface area contributed by atoms with E-state index < -0.39 is 17.7 Å². The predicted octanol–water partition coefficient (Wildman–Crippen LogP) is 4.38. The zero-order valence-electron chi connectivity index (χ0n) is 21.1. The molecular weight excluding hydrogens is 480 g/mol. The van der Waals surface area contributed by atoms with Crippen LogP contribution in [-0.4, -0.2) is 60.6 Å². The summed E-state index contributed by atoms with van der Waals surface area (Å²) in [6.07, 6.45) is 2.04. The standard InChI is InChI=1S/C27H31F2N5O3/c1-33-24(13-23(32-33)17-4-7-25(36-2)26(11-17)37-3)20-15-34-9-8-16(20)10-19(34)14-30-27(35)31-22-6-5-18(28)12-21(22)29/h4-7,11-13,16,19-20H,8-10,14-15H2,1-3H3,(H2,30,31,35)/t16-,19+,20+/m0/s1. The first-order chi connectivity index (χ1) is 17.9. The van der Waals surface area contributed by atoms with Gasteiger partial charge >= 0.3 is 6.03 Å². The number of carbonyl (C=O) groups excluding carboxylic acids is 1. The number of nitrogens with one attached hydrogen (secondary N) is 2. The van der Waals surface area contributed by atoms with Crippen LogP contribution < -0.4 is 20.1 Å². The topological polar surface area (TPSA) is 80.7 Å². The number of hydrogen-bond donors (Lipinski definition) is 2. The quantitative estimate of drug-likeness (QED) is 0.492. The first-order valence-electron chi connectivity index (χ1n) is 12.4. The predicted molar refractivity (Wildman–Crippen MR) is 136 cm³/mol. The van der Waals surface area contributed by atoms with Crippen LogP contribution in [0.3, 0.4) is 0 Å². The van der Waals surface area contributed by atoms with E-state index in [1.807, 2.05) is 29.9 Å². The third-order valence-electron chi connectivity index (χ3n) is 7.53. The van der Waals surface area contributed by atoms with E-state index >= 15 is 0 Å². The Bertz CT molecular complexity index is 1300. The fourth-order valence-corrected chi connectivity index (χ4v) is 5.62. The van der Waals surface area contributed by atoms with Gasteiger partial charge in [0, 0.05) is 49.4 Å². The summed E-state index contributed by atoms with van der Waals surface area (Å²) in [4.78, 5) is 14.7. The van der Waals surface area contributed by atoms with Gasteiger partial charge in [0.05, 0.1) is 25.6 Å². The lowest BCUT2D eigenvalue weighted by Crippen LogP contribution is -2.56.